The molecule has 4 rings (SSSR count). The molecule has 0 aliphatic carbocycles. The molecule has 2 aliphatic rings. The maximum atomic E-state index is 12.3. The predicted molar refractivity (Wildman–Crippen MR) is 107 cm³/mol. The molecule has 0 atom stereocenters. The number of amides is 2. The van der Waals surface area contributed by atoms with Gasteiger partial charge in [0.25, 0.3) is 0 Å². The second-order valence-corrected chi connectivity index (χ2v) is 7.60. The minimum absolute atomic E-state index is 0.0190. The molecule has 1 aromatic carbocycles. The first-order chi connectivity index (χ1) is 13.6. The number of rotatable bonds is 6. The molecule has 0 unspecified atom stereocenters. The third kappa shape index (κ3) is 4.09. The molecule has 0 saturated heterocycles. The van der Waals surface area contributed by atoms with E-state index in [0.29, 0.717) is 19.5 Å². The van der Waals surface area contributed by atoms with Crippen LogP contribution in [0.15, 0.2) is 30.3 Å². The van der Waals surface area contributed by atoms with Gasteiger partial charge in [-0.25, -0.2) is 4.68 Å². The van der Waals surface area contributed by atoms with Crippen LogP contribution in [0.1, 0.15) is 29.7 Å². The van der Waals surface area contributed by atoms with Crippen LogP contribution in [0.5, 0.6) is 0 Å². The Kier molecular flexibility index (Phi) is 5.43. The van der Waals surface area contributed by atoms with E-state index in [1.165, 1.54) is 11.1 Å². The van der Waals surface area contributed by atoms with Crippen molar-refractivity contribution in [2.24, 2.45) is 0 Å². The standard InChI is InChI=1S/C21H27N5O2/c1-16-13-20-25(21(28)8-12-26(20)23-16)15-19(27)22-9-4-10-24-11-7-17-5-2-3-6-18(17)14-24/h2-3,5-6,13H,4,7-12,14-15H2,1H3,(H,22,27). The van der Waals surface area contributed by atoms with Crippen molar-refractivity contribution in [1.82, 2.24) is 20.0 Å². The third-order valence-electron chi connectivity index (χ3n) is 5.48. The van der Waals surface area contributed by atoms with Crippen molar-refractivity contribution in [1.29, 1.82) is 0 Å². The van der Waals surface area contributed by atoms with Crippen molar-refractivity contribution >= 4 is 17.6 Å². The first-order valence-electron chi connectivity index (χ1n) is 10.0. The van der Waals surface area contributed by atoms with Gasteiger partial charge >= 0.3 is 0 Å². The second kappa shape index (κ2) is 8.14. The molecule has 28 heavy (non-hydrogen) atoms. The van der Waals surface area contributed by atoms with Crippen LogP contribution in [0.4, 0.5) is 5.82 Å². The molecule has 0 bridgehead atoms. The van der Waals surface area contributed by atoms with Gasteiger partial charge < -0.3 is 5.32 Å². The van der Waals surface area contributed by atoms with Crippen molar-refractivity contribution in [3.05, 3.63) is 47.2 Å². The number of carbonyl (C=O) groups excluding carboxylic acids is 2. The SMILES string of the molecule is Cc1cc2n(n1)CCC(=O)N2CC(=O)NCCCN1CCc2ccccc2C1. The first kappa shape index (κ1) is 18.7. The summed E-state index contributed by atoms with van der Waals surface area (Å²) in [5.41, 5.74) is 3.72. The molecule has 1 N–H and O–H groups in total. The van der Waals surface area contributed by atoms with Crippen LogP contribution < -0.4 is 10.2 Å². The monoisotopic (exact) mass is 381 g/mol. The van der Waals surface area contributed by atoms with Gasteiger partial charge in [0, 0.05) is 38.7 Å². The van der Waals surface area contributed by atoms with Gasteiger partial charge in [0.05, 0.1) is 12.2 Å². The highest BCUT2D eigenvalue weighted by Gasteiger charge is 2.27. The molecule has 2 amide bonds. The van der Waals surface area contributed by atoms with Crippen LogP contribution in [-0.4, -0.2) is 52.7 Å². The Bertz CT molecular complexity index is 875. The zero-order chi connectivity index (χ0) is 19.5. The molecule has 0 fully saturated rings. The normalized spacial score (nSPS) is 16.6. The van der Waals surface area contributed by atoms with Crippen molar-refractivity contribution in [2.75, 3.05) is 31.1 Å². The zero-order valence-corrected chi connectivity index (χ0v) is 16.4. The maximum absolute atomic E-state index is 12.3. The van der Waals surface area contributed by atoms with Crippen LogP contribution in [0, 0.1) is 6.92 Å². The van der Waals surface area contributed by atoms with Gasteiger partial charge in [0.2, 0.25) is 11.8 Å². The van der Waals surface area contributed by atoms with E-state index >= 15 is 0 Å². The Morgan fingerprint density at radius 2 is 2.00 bits per heavy atom. The average Bonchev–Trinajstić information content (AvgIpc) is 3.08. The lowest BCUT2D eigenvalue weighted by Gasteiger charge is -2.29. The molecular weight excluding hydrogens is 354 g/mol. The number of carbonyl (C=O) groups is 2. The summed E-state index contributed by atoms with van der Waals surface area (Å²) in [6.07, 6.45) is 2.38. The molecule has 7 heteroatoms. The molecular formula is C21H27N5O2. The second-order valence-electron chi connectivity index (χ2n) is 7.60. The van der Waals surface area contributed by atoms with Crippen LogP contribution >= 0.6 is 0 Å². The van der Waals surface area contributed by atoms with Gasteiger partial charge in [0.15, 0.2) is 0 Å². The number of nitrogens with zero attached hydrogens (tertiary/aromatic N) is 4. The molecule has 0 radical (unpaired) electrons. The van der Waals surface area contributed by atoms with E-state index in [1.54, 1.807) is 9.58 Å². The maximum Gasteiger partial charge on any atom is 0.240 e. The lowest BCUT2D eigenvalue weighted by molar-refractivity contribution is -0.124. The third-order valence-corrected chi connectivity index (χ3v) is 5.48. The van der Waals surface area contributed by atoms with Crippen molar-refractivity contribution in [3.8, 4) is 0 Å². The van der Waals surface area contributed by atoms with Crippen molar-refractivity contribution in [3.63, 3.8) is 0 Å². The van der Waals surface area contributed by atoms with Gasteiger partial charge in [-0.2, -0.15) is 5.10 Å². The zero-order valence-electron chi connectivity index (χ0n) is 16.4. The van der Waals surface area contributed by atoms with E-state index in [-0.39, 0.29) is 18.4 Å². The summed E-state index contributed by atoms with van der Waals surface area (Å²) in [5.74, 6) is 0.579. The van der Waals surface area contributed by atoms with E-state index in [4.69, 9.17) is 0 Å². The van der Waals surface area contributed by atoms with Crippen molar-refractivity contribution < 1.29 is 9.59 Å². The highest BCUT2D eigenvalue weighted by atomic mass is 16.2. The van der Waals surface area contributed by atoms with Crippen LogP contribution in [0.2, 0.25) is 0 Å². The average molecular weight is 381 g/mol. The van der Waals surface area contributed by atoms with Gasteiger partial charge in [-0.3, -0.25) is 19.4 Å². The Labute approximate surface area is 165 Å². The summed E-state index contributed by atoms with van der Waals surface area (Å²) in [5, 5.41) is 7.33. The Morgan fingerprint density at radius 3 is 2.86 bits per heavy atom. The van der Waals surface area contributed by atoms with Crippen LogP contribution in [0.25, 0.3) is 0 Å². The molecule has 148 valence electrons. The summed E-state index contributed by atoms with van der Waals surface area (Å²) < 4.78 is 1.80. The predicted octanol–water partition coefficient (Wildman–Crippen LogP) is 1.49. The number of benzene rings is 1. The minimum Gasteiger partial charge on any atom is -0.354 e. The molecule has 0 spiro atoms. The largest absolute Gasteiger partial charge is 0.354 e. The smallest absolute Gasteiger partial charge is 0.240 e. The van der Waals surface area contributed by atoms with E-state index in [2.05, 4.69) is 39.6 Å². The molecule has 1 aromatic heterocycles. The fourth-order valence-electron chi connectivity index (χ4n) is 4.02. The number of nitrogens with one attached hydrogen (secondary N) is 1. The number of aryl methyl sites for hydroxylation is 2. The lowest BCUT2D eigenvalue weighted by Crippen LogP contribution is -2.44. The summed E-state index contributed by atoms with van der Waals surface area (Å²) in [4.78, 5) is 28.6. The van der Waals surface area contributed by atoms with E-state index in [1.807, 2.05) is 13.0 Å². The number of hydrogen-bond acceptors (Lipinski definition) is 4. The number of fused-ring (bicyclic) bond motifs is 2. The van der Waals surface area contributed by atoms with Crippen LogP contribution in [0.3, 0.4) is 0 Å². The minimum atomic E-state index is -0.121. The Hall–Kier alpha value is -2.67. The summed E-state index contributed by atoms with van der Waals surface area (Å²) >= 11 is 0. The van der Waals surface area contributed by atoms with E-state index in [0.717, 1.165) is 44.0 Å². The van der Waals surface area contributed by atoms with Crippen LogP contribution in [-0.2, 0) is 29.1 Å². The Morgan fingerprint density at radius 1 is 1.18 bits per heavy atom. The molecule has 2 aromatic rings. The lowest BCUT2D eigenvalue weighted by atomic mass is 10.00. The number of aromatic nitrogens is 2. The molecule has 2 aliphatic heterocycles. The summed E-state index contributed by atoms with van der Waals surface area (Å²) in [6, 6.07) is 10.5. The number of hydrogen-bond donors (Lipinski definition) is 1. The highest BCUT2D eigenvalue weighted by molar-refractivity contribution is 5.98. The van der Waals surface area contributed by atoms with Gasteiger partial charge in [0.1, 0.15) is 12.4 Å². The number of anilines is 1. The van der Waals surface area contributed by atoms with Gasteiger partial charge in [-0.1, -0.05) is 24.3 Å². The summed E-state index contributed by atoms with van der Waals surface area (Å²) in [6.45, 7) is 6.17. The fraction of sp³-hybridized carbons (Fsp3) is 0.476. The molecule has 0 saturated carbocycles. The summed E-state index contributed by atoms with van der Waals surface area (Å²) in [7, 11) is 0. The van der Waals surface area contributed by atoms with Crippen molar-refractivity contribution in [2.45, 2.75) is 39.3 Å². The topological polar surface area (TPSA) is 70.5 Å². The van der Waals surface area contributed by atoms with E-state index < -0.39 is 0 Å². The van der Waals surface area contributed by atoms with Gasteiger partial charge in [-0.05, 0) is 30.9 Å². The molecule has 3 heterocycles. The van der Waals surface area contributed by atoms with Gasteiger partial charge in [-0.15, -0.1) is 0 Å². The quantitative estimate of drug-likeness (QED) is 0.770. The first-order valence-corrected chi connectivity index (χ1v) is 10.0. The van der Waals surface area contributed by atoms with E-state index in [9.17, 15) is 9.59 Å². The fourth-order valence-corrected chi connectivity index (χ4v) is 4.02. The molecule has 7 nitrogen and oxygen atoms in total. The Balaban J connectivity index is 1.22. The highest BCUT2D eigenvalue weighted by Crippen LogP contribution is 2.22.